The molecule has 132 valence electrons. The molecular weight excluding hydrogens is 332 g/mol. The van der Waals surface area contributed by atoms with Crippen molar-refractivity contribution in [1.82, 2.24) is 9.97 Å². The van der Waals surface area contributed by atoms with Crippen molar-refractivity contribution in [3.8, 4) is 0 Å². The smallest absolute Gasteiger partial charge is 0.306 e. The number of sulfone groups is 1. The van der Waals surface area contributed by atoms with Gasteiger partial charge >= 0.3 is 5.97 Å². The molecule has 0 radical (unpaired) electrons. The van der Waals surface area contributed by atoms with Gasteiger partial charge in [0.05, 0.1) is 17.4 Å². The standard InChI is InChI=1S/C15H22N4O4S/c1-18(12-4-7-24(22,23)9-12)13-8-14(17-10-16-13)19-5-2-11(3-6-19)15(20)21/h8,10-12H,2-7,9H2,1H3,(H,20,21). The maximum atomic E-state index is 11.7. The normalized spacial score (nSPS) is 24.0. The molecule has 0 aliphatic carbocycles. The average Bonchev–Trinajstić information content (AvgIpc) is 2.94. The van der Waals surface area contributed by atoms with Gasteiger partial charge in [-0.2, -0.15) is 0 Å². The number of hydrogen-bond acceptors (Lipinski definition) is 7. The summed E-state index contributed by atoms with van der Waals surface area (Å²) >= 11 is 0. The predicted molar refractivity (Wildman–Crippen MR) is 90.1 cm³/mol. The van der Waals surface area contributed by atoms with Crippen LogP contribution in [0, 0.1) is 5.92 Å². The molecule has 2 aliphatic heterocycles. The molecule has 0 spiro atoms. The number of hydrogen-bond donors (Lipinski definition) is 1. The molecule has 0 amide bonds. The molecular formula is C15H22N4O4S. The Morgan fingerprint density at radius 2 is 2.00 bits per heavy atom. The first-order valence-corrected chi connectivity index (χ1v) is 9.91. The lowest BCUT2D eigenvalue weighted by Crippen LogP contribution is -2.37. The van der Waals surface area contributed by atoms with Gasteiger partial charge in [0.1, 0.15) is 18.0 Å². The van der Waals surface area contributed by atoms with E-state index in [-0.39, 0.29) is 23.5 Å². The van der Waals surface area contributed by atoms with Crippen LogP contribution in [0.15, 0.2) is 12.4 Å². The van der Waals surface area contributed by atoms with E-state index >= 15 is 0 Å². The van der Waals surface area contributed by atoms with Crippen LogP contribution in [0.4, 0.5) is 11.6 Å². The van der Waals surface area contributed by atoms with Crippen LogP contribution in [0.2, 0.25) is 0 Å². The van der Waals surface area contributed by atoms with E-state index in [4.69, 9.17) is 5.11 Å². The van der Waals surface area contributed by atoms with E-state index in [2.05, 4.69) is 14.9 Å². The third-order valence-corrected chi connectivity index (χ3v) is 6.67. The van der Waals surface area contributed by atoms with Crippen LogP contribution < -0.4 is 9.80 Å². The van der Waals surface area contributed by atoms with E-state index in [1.807, 2.05) is 18.0 Å². The van der Waals surface area contributed by atoms with Crippen molar-refractivity contribution >= 4 is 27.4 Å². The number of piperidine rings is 1. The highest BCUT2D eigenvalue weighted by molar-refractivity contribution is 7.91. The third-order valence-electron chi connectivity index (χ3n) is 4.92. The maximum absolute atomic E-state index is 11.7. The molecule has 0 saturated carbocycles. The van der Waals surface area contributed by atoms with E-state index in [1.165, 1.54) is 6.33 Å². The summed E-state index contributed by atoms with van der Waals surface area (Å²) in [6.07, 6.45) is 3.30. The second-order valence-electron chi connectivity index (χ2n) is 6.50. The number of carboxylic acids is 1. The minimum atomic E-state index is -2.94. The first-order valence-electron chi connectivity index (χ1n) is 8.09. The molecule has 24 heavy (non-hydrogen) atoms. The summed E-state index contributed by atoms with van der Waals surface area (Å²) in [5.74, 6) is 0.822. The quantitative estimate of drug-likeness (QED) is 0.829. The molecule has 2 saturated heterocycles. The maximum Gasteiger partial charge on any atom is 0.306 e. The lowest BCUT2D eigenvalue weighted by atomic mass is 9.97. The van der Waals surface area contributed by atoms with Crippen molar-refractivity contribution < 1.29 is 18.3 Å². The van der Waals surface area contributed by atoms with Gasteiger partial charge in [-0.15, -0.1) is 0 Å². The molecule has 3 rings (SSSR count). The van der Waals surface area contributed by atoms with Gasteiger partial charge in [-0.3, -0.25) is 4.79 Å². The number of aliphatic carboxylic acids is 1. The second kappa shape index (κ2) is 6.54. The summed E-state index contributed by atoms with van der Waals surface area (Å²) in [4.78, 5) is 23.6. The fourth-order valence-corrected chi connectivity index (χ4v) is 5.10. The Hall–Kier alpha value is -1.90. The number of anilines is 2. The van der Waals surface area contributed by atoms with Crippen LogP contribution >= 0.6 is 0 Å². The molecule has 1 atom stereocenters. The van der Waals surface area contributed by atoms with Gasteiger partial charge in [0.15, 0.2) is 9.84 Å². The van der Waals surface area contributed by atoms with Crippen LogP contribution in [0.3, 0.4) is 0 Å². The predicted octanol–water partition coefficient (Wildman–Crippen LogP) is 0.401. The molecule has 1 aromatic rings. The molecule has 9 heteroatoms. The monoisotopic (exact) mass is 354 g/mol. The topological polar surface area (TPSA) is 104 Å². The summed E-state index contributed by atoms with van der Waals surface area (Å²) in [6, 6.07) is 1.79. The summed E-state index contributed by atoms with van der Waals surface area (Å²) in [6.45, 7) is 1.30. The van der Waals surface area contributed by atoms with Gasteiger partial charge < -0.3 is 14.9 Å². The Labute approximate surface area is 141 Å². The van der Waals surface area contributed by atoms with Crippen LogP contribution in [0.1, 0.15) is 19.3 Å². The highest BCUT2D eigenvalue weighted by Gasteiger charge is 2.32. The summed E-state index contributed by atoms with van der Waals surface area (Å²) in [5.41, 5.74) is 0. The number of rotatable bonds is 4. The SMILES string of the molecule is CN(c1cc(N2CCC(C(=O)O)CC2)ncn1)C1CCS(=O)(=O)C1. The van der Waals surface area contributed by atoms with Gasteiger partial charge in [-0.25, -0.2) is 18.4 Å². The van der Waals surface area contributed by atoms with Crippen LogP contribution in [-0.2, 0) is 14.6 Å². The highest BCUT2D eigenvalue weighted by Crippen LogP contribution is 2.26. The minimum Gasteiger partial charge on any atom is -0.481 e. The van der Waals surface area contributed by atoms with Crippen LogP contribution in [-0.4, -0.2) is 67.1 Å². The summed E-state index contributed by atoms with van der Waals surface area (Å²) in [7, 11) is -1.09. The van der Waals surface area contributed by atoms with Crippen molar-refractivity contribution in [2.24, 2.45) is 5.92 Å². The lowest BCUT2D eigenvalue weighted by Gasteiger charge is -2.32. The number of carboxylic acid groups (broad SMARTS) is 1. The first-order chi connectivity index (χ1) is 11.4. The molecule has 0 bridgehead atoms. The van der Waals surface area contributed by atoms with Crippen molar-refractivity contribution in [2.75, 3.05) is 41.4 Å². The van der Waals surface area contributed by atoms with Crippen LogP contribution in [0.25, 0.3) is 0 Å². The van der Waals surface area contributed by atoms with Gasteiger partial charge in [-0.1, -0.05) is 0 Å². The second-order valence-corrected chi connectivity index (χ2v) is 8.73. The zero-order chi connectivity index (χ0) is 17.3. The Morgan fingerprint density at radius 3 is 2.58 bits per heavy atom. The molecule has 0 aromatic carbocycles. The zero-order valence-electron chi connectivity index (χ0n) is 13.6. The third kappa shape index (κ3) is 3.61. The average molecular weight is 354 g/mol. The lowest BCUT2D eigenvalue weighted by molar-refractivity contribution is -0.142. The Kier molecular flexibility index (Phi) is 4.62. The van der Waals surface area contributed by atoms with Gasteiger partial charge in [0.2, 0.25) is 0 Å². The van der Waals surface area contributed by atoms with Crippen molar-refractivity contribution in [2.45, 2.75) is 25.3 Å². The highest BCUT2D eigenvalue weighted by atomic mass is 32.2. The van der Waals surface area contributed by atoms with Gasteiger partial charge in [0.25, 0.3) is 0 Å². The fourth-order valence-electron chi connectivity index (χ4n) is 3.33. The van der Waals surface area contributed by atoms with Gasteiger partial charge in [0, 0.05) is 32.2 Å². The molecule has 2 fully saturated rings. The van der Waals surface area contributed by atoms with E-state index < -0.39 is 15.8 Å². The molecule has 2 aliphatic rings. The first kappa shape index (κ1) is 16.9. The Morgan fingerprint density at radius 1 is 1.29 bits per heavy atom. The van der Waals surface area contributed by atoms with E-state index in [0.717, 1.165) is 5.82 Å². The molecule has 1 aromatic heterocycles. The van der Waals surface area contributed by atoms with E-state index in [1.54, 1.807) is 0 Å². The fraction of sp³-hybridized carbons (Fsp3) is 0.667. The molecule has 1 N–H and O–H groups in total. The van der Waals surface area contributed by atoms with Crippen molar-refractivity contribution in [3.05, 3.63) is 12.4 Å². The largest absolute Gasteiger partial charge is 0.481 e. The van der Waals surface area contributed by atoms with E-state index in [9.17, 15) is 13.2 Å². The zero-order valence-corrected chi connectivity index (χ0v) is 14.4. The molecule has 3 heterocycles. The Balaban J connectivity index is 1.70. The number of carbonyl (C=O) groups is 1. The molecule has 8 nitrogen and oxygen atoms in total. The molecule has 1 unspecified atom stereocenters. The summed E-state index contributed by atoms with van der Waals surface area (Å²) < 4.78 is 23.3. The van der Waals surface area contributed by atoms with Crippen molar-refractivity contribution in [1.29, 1.82) is 0 Å². The number of nitrogens with zero attached hydrogens (tertiary/aromatic N) is 4. The summed E-state index contributed by atoms with van der Waals surface area (Å²) in [5, 5.41) is 9.08. The Bertz CT molecular complexity index is 716. The number of aromatic nitrogens is 2. The van der Waals surface area contributed by atoms with Crippen LogP contribution in [0.5, 0.6) is 0 Å². The van der Waals surface area contributed by atoms with Crippen molar-refractivity contribution in [3.63, 3.8) is 0 Å². The van der Waals surface area contributed by atoms with Gasteiger partial charge in [-0.05, 0) is 19.3 Å². The van der Waals surface area contributed by atoms with E-state index in [0.29, 0.717) is 38.2 Å². The minimum absolute atomic E-state index is 0.0597.